The molecule has 0 aliphatic rings. The second-order valence-electron chi connectivity index (χ2n) is 6.47. The van der Waals surface area contributed by atoms with Crippen molar-refractivity contribution in [2.24, 2.45) is 0 Å². The molecule has 3 rings (SSSR count). The van der Waals surface area contributed by atoms with Crippen molar-refractivity contribution in [3.63, 3.8) is 0 Å². The van der Waals surface area contributed by atoms with E-state index in [-0.39, 0.29) is 16.9 Å². The van der Waals surface area contributed by atoms with Gasteiger partial charge < -0.3 is 5.32 Å². The van der Waals surface area contributed by atoms with Crippen molar-refractivity contribution >= 4 is 21.4 Å². The van der Waals surface area contributed by atoms with Gasteiger partial charge in [-0.05, 0) is 36.2 Å². The number of nitrogens with zero attached hydrogens (tertiary/aromatic N) is 2. The van der Waals surface area contributed by atoms with Crippen molar-refractivity contribution in [3.8, 4) is 11.3 Å². The standard InChI is InChI=1S/C21H21N3O3S/c1-3-18(15-7-5-4-6-8-15)21(25)22-17-11-9-16(10-12-17)19-13-14-20(24-23-19)28(2,26)27/h4-14,18H,3H2,1-2H3,(H,22,25)/t18-/m0/s1. The Balaban J connectivity index is 1.73. The number of hydrogen-bond acceptors (Lipinski definition) is 5. The van der Waals surface area contributed by atoms with Gasteiger partial charge in [0.25, 0.3) is 0 Å². The summed E-state index contributed by atoms with van der Waals surface area (Å²) in [7, 11) is -3.38. The van der Waals surface area contributed by atoms with Crippen molar-refractivity contribution in [2.75, 3.05) is 11.6 Å². The fraction of sp³-hybridized carbons (Fsp3) is 0.190. The van der Waals surface area contributed by atoms with Gasteiger partial charge in [0.2, 0.25) is 5.91 Å². The molecular formula is C21H21N3O3S. The first-order chi connectivity index (χ1) is 13.4. The summed E-state index contributed by atoms with van der Waals surface area (Å²) in [4.78, 5) is 12.6. The number of carbonyl (C=O) groups is 1. The molecule has 1 aromatic heterocycles. The van der Waals surface area contributed by atoms with Gasteiger partial charge in [-0.15, -0.1) is 10.2 Å². The normalized spacial score (nSPS) is 12.4. The zero-order chi connectivity index (χ0) is 20.1. The molecule has 1 N–H and O–H groups in total. The van der Waals surface area contributed by atoms with Crippen molar-refractivity contribution in [1.29, 1.82) is 0 Å². The SMILES string of the molecule is CC[C@H](C(=O)Nc1ccc(-c2ccc(S(C)(=O)=O)nn2)cc1)c1ccccc1. The summed E-state index contributed by atoms with van der Waals surface area (Å²) in [5, 5.41) is 10.6. The van der Waals surface area contributed by atoms with E-state index in [1.54, 1.807) is 18.2 Å². The summed E-state index contributed by atoms with van der Waals surface area (Å²) in [6.45, 7) is 1.99. The van der Waals surface area contributed by atoms with Gasteiger partial charge in [-0.3, -0.25) is 4.79 Å². The van der Waals surface area contributed by atoms with Crippen LogP contribution in [0.5, 0.6) is 0 Å². The Morgan fingerprint density at radius 1 is 0.964 bits per heavy atom. The fourth-order valence-corrected chi connectivity index (χ4v) is 3.39. The third-order valence-corrected chi connectivity index (χ3v) is 5.37. The van der Waals surface area contributed by atoms with Crippen LogP contribution in [-0.2, 0) is 14.6 Å². The lowest BCUT2D eigenvalue weighted by Gasteiger charge is -2.15. The Morgan fingerprint density at radius 3 is 2.18 bits per heavy atom. The first-order valence-corrected chi connectivity index (χ1v) is 10.8. The largest absolute Gasteiger partial charge is 0.326 e. The molecule has 0 unspecified atom stereocenters. The lowest BCUT2D eigenvalue weighted by atomic mass is 9.95. The molecule has 0 fully saturated rings. The van der Waals surface area contributed by atoms with Gasteiger partial charge in [0.15, 0.2) is 14.9 Å². The smallest absolute Gasteiger partial charge is 0.231 e. The maximum Gasteiger partial charge on any atom is 0.231 e. The molecule has 3 aromatic rings. The van der Waals surface area contributed by atoms with Crippen LogP contribution in [0.3, 0.4) is 0 Å². The van der Waals surface area contributed by atoms with Crippen molar-refractivity contribution < 1.29 is 13.2 Å². The van der Waals surface area contributed by atoms with Crippen LogP contribution in [0.15, 0.2) is 71.8 Å². The average molecular weight is 395 g/mol. The van der Waals surface area contributed by atoms with Crippen LogP contribution in [0.2, 0.25) is 0 Å². The van der Waals surface area contributed by atoms with Gasteiger partial charge in [-0.1, -0.05) is 49.4 Å². The van der Waals surface area contributed by atoms with Crippen molar-refractivity contribution in [1.82, 2.24) is 10.2 Å². The molecule has 0 saturated carbocycles. The molecular weight excluding hydrogens is 374 g/mol. The highest BCUT2D eigenvalue weighted by Gasteiger charge is 2.18. The molecule has 1 atom stereocenters. The van der Waals surface area contributed by atoms with Gasteiger partial charge in [-0.25, -0.2) is 8.42 Å². The Hall–Kier alpha value is -3.06. The number of carbonyl (C=O) groups excluding carboxylic acids is 1. The fourth-order valence-electron chi connectivity index (χ4n) is 2.88. The number of rotatable bonds is 6. The highest BCUT2D eigenvalue weighted by Crippen LogP contribution is 2.23. The summed E-state index contributed by atoms with van der Waals surface area (Å²) in [5.41, 5.74) is 3.01. The van der Waals surface area contributed by atoms with E-state index in [0.717, 1.165) is 17.4 Å². The molecule has 1 amide bonds. The molecule has 28 heavy (non-hydrogen) atoms. The van der Waals surface area contributed by atoms with Crippen LogP contribution in [-0.4, -0.2) is 30.8 Å². The van der Waals surface area contributed by atoms with E-state index < -0.39 is 9.84 Å². The lowest BCUT2D eigenvalue weighted by molar-refractivity contribution is -0.117. The summed E-state index contributed by atoms with van der Waals surface area (Å²) >= 11 is 0. The number of nitrogens with one attached hydrogen (secondary N) is 1. The van der Waals surface area contributed by atoms with Crippen LogP contribution in [0, 0.1) is 0 Å². The first kappa shape index (κ1) is 19.7. The molecule has 6 nitrogen and oxygen atoms in total. The van der Waals surface area contributed by atoms with Gasteiger partial charge in [-0.2, -0.15) is 0 Å². The molecule has 0 bridgehead atoms. The summed E-state index contributed by atoms with van der Waals surface area (Å²) < 4.78 is 22.9. The molecule has 0 spiro atoms. The topological polar surface area (TPSA) is 89.0 Å². The quantitative estimate of drug-likeness (QED) is 0.688. The van der Waals surface area contributed by atoms with E-state index in [2.05, 4.69) is 15.5 Å². The van der Waals surface area contributed by atoms with Crippen LogP contribution in [0.25, 0.3) is 11.3 Å². The van der Waals surface area contributed by atoms with Crippen LogP contribution in [0.4, 0.5) is 5.69 Å². The van der Waals surface area contributed by atoms with E-state index in [1.165, 1.54) is 6.07 Å². The second-order valence-corrected chi connectivity index (χ2v) is 8.43. The third kappa shape index (κ3) is 4.61. The molecule has 2 aromatic carbocycles. The van der Waals surface area contributed by atoms with Crippen LogP contribution < -0.4 is 5.32 Å². The van der Waals surface area contributed by atoms with Crippen LogP contribution >= 0.6 is 0 Å². The molecule has 0 aliphatic heterocycles. The minimum atomic E-state index is -3.38. The molecule has 0 radical (unpaired) electrons. The maximum atomic E-state index is 12.6. The number of benzene rings is 2. The summed E-state index contributed by atoms with van der Waals surface area (Å²) in [6.07, 6.45) is 1.80. The number of sulfone groups is 1. The van der Waals surface area contributed by atoms with E-state index in [0.29, 0.717) is 17.8 Å². The zero-order valence-electron chi connectivity index (χ0n) is 15.7. The molecule has 0 saturated heterocycles. The molecule has 0 aliphatic carbocycles. The number of aromatic nitrogens is 2. The summed E-state index contributed by atoms with van der Waals surface area (Å²) in [6, 6.07) is 19.9. The van der Waals surface area contributed by atoms with Gasteiger partial charge in [0.1, 0.15) is 0 Å². The predicted octanol–water partition coefficient (Wildman–Crippen LogP) is 3.68. The lowest BCUT2D eigenvalue weighted by Crippen LogP contribution is -2.20. The highest BCUT2D eigenvalue weighted by molar-refractivity contribution is 7.90. The molecule has 1 heterocycles. The van der Waals surface area contributed by atoms with Crippen molar-refractivity contribution in [3.05, 3.63) is 72.3 Å². The third-order valence-electron chi connectivity index (χ3n) is 4.39. The molecule has 7 heteroatoms. The Morgan fingerprint density at radius 2 is 1.64 bits per heavy atom. The van der Waals surface area contributed by atoms with E-state index in [1.807, 2.05) is 49.4 Å². The Labute approximate surface area is 164 Å². The van der Waals surface area contributed by atoms with E-state index >= 15 is 0 Å². The Bertz CT molecular complexity index is 1050. The minimum absolute atomic E-state index is 0.0567. The van der Waals surface area contributed by atoms with Gasteiger partial charge in [0.05, 0.1) is 11.6 Å². The highest BCUT2D eigenvalue weighted by atomic mass is 32.2. The minimum Gasteiger partial charge on any atom is -0.326 e. The van der Waals surface area contributed by atoms with E-state index in [4.69, 9.17) is 0 Å². The van der Waals surface area contributed by atoms with Crippen LogP contribution in [0.1, 0.15) is 24.8 Å². The summed E-state index contributed by atoms with van der Waals surface area (Å²) in [5.74, 6) is -0.269. The maximum absolute atomic E-state index is 12.6. The second kappa shape index (κ2) is 8.31. The number of anilines is 1. The predicted molar refractivity (Wildman–Crippen MR) is 109 cm³/mol. The van der Waals surface area contributed by atoms with E-state index in [9.17, 15) is 13.2 Å². The van der Waals surface area contributed by atoms with Crippen molar-refractivity contribution in [2.45, 2.75) is 24.3 Å². The average Bonchev–Trinajstić information content (AvgIpc) is 2.69. The first-order valence-electron chi connectivity index (χ1n) is 8.88. The number of hydrogen-bond donors (Lipinski definition) is 1. The molecule has 144 valence electrons. The Kier molecular flexibility index (Phi) is 5.84. The number of amides is 1. The van der Waals surface area contributed by atoms with Gasteiger partial charge in [0, 0.05) is 17.5 Å². The zero-order valence-corrected chi connectivity index (χ0v) is 16.5. The monoisotopic (exact) mass is 395 g/mol. The van der Waals surface area contributed by atoms with Gasteiger partial charge >= 0.3 is 0 Å².